The molecule has 2 unspecified atom stereocenters. The lowest BCUT2D eigenvalue weighted by Gasteiger charge is -2.46. The Kier molecular flexibility index (Phi) is 4.53. The van der Waals surface area contributed by atoms with Crippen molar-refractivity contribution in [3.8, 4) is 0 Å². The number of nitrogens with two attached hydrogens (primary N) is 1. The molecule has 0 aliphatic carbocycles. The average molecular weight is 288 g/mol. The maximum absolute atomic E-state index is 12.3. The zero-order valence-corrected chi connectivity index (χ0v) is 12.4. The minimum absolute atomic E-state index is 0.120. The maximum Gasteiger partial charge on any atom is 0.255 e. The Labute approximate surface area is 126 Å². The van der Waals surface area contributed by atoms with E-state index in [0.29, 0.717) is 6.04 Å². The quantitative estimate of drug-likeness (QED) is 0.492. The van der Waals surface area contributed by atoms with E-state index in [0.717, 1.165) is 25.2 Å². The van der Waals surface area contributed by atoms with Crippen LogP contribution >= 0.6 is 0 Å². The molecule has 2 aliphatic heterocycles. The Morgan fingerprint density at radius 3 is 2.76 bits per heavy atom. The van der Waals surface area contributed by atoms with E-state index in [2.05, 4.69) is 15.2 Å². The number of amides is 1. The minimum atomic E-state index is -0.278. The van der Waals surface area contributed by atoms with Crippen LogP contribution in [0.25, 0.3) is 0 Å². The van der Waals surface area contributed by atoms with E-state index in [-0.39, 0.29) is 11.9 Å². The van der Waals surface area contributed by atoms with E-state index in [1.807, 2.05) is 30.3 Å². The van der Waals surface area contributed by atoms with Crippen molar-refractivity contribution in [2.24, 2.45) is 5.84 Å². The van der Waals surface area contributed by atoms with Gasteiger partial charge in [0.1, 0.15) is 6.04 Å². The van der Waals surface area contributed by atoms with Crippen LogP contribution in [0.5, 0.6) is 0 Å². The van der Waals surface area contributed by atoms with Crippen LogP contribution in [0.4, 0.5) is 0 Å². The standard InChI is InChI=1S/C16H24N4O/c17-18-16(21)15(13-6-2-1-3-7-13)20-11-10-19-9-5-4-8-14(19)12-20/h1-3,6-7,14-15H,4-5,8-12,17H2,(H,18,21). The summed E-state index contributed by atoms with van der Waals surface area (Å²) in [7, 11) is 0. The van der Waals surface area contributed by atoms with Gasteiger partial charge in [-0.3, -0.25) is 20.0 Å². The van der Waals surface area contributed by atoms with E-state index in [1.54, 1.807) is 0 Å². The van der Waals surface area contributed by atoms with Gasteiger partial charge >= 0.3 is 0 Å². The lowest BCUT2D eigenvalue weighted by atomic mass is 9.96. The van der Waals surface area contributed by atoms with Crippen LogP contribution in [0.15, 0.2) is 30.3 Å². The highest BCUT2D eigenvalue weighted by Gasteiger charge is 2.35. The number of carbonyl (C=O) groups excluding carboxylic acids is 1. The summed E-state index contributed by atoms with van der Waals surface area (Å²) in [5.41, 5.74) is 3.36. The van der Waals surface area contributed by atoms with Gasteiger partial charge in [-0.2, -0.15) is 0 Å². The first-order chi connectivity index (χ1) is 10.3. The van der Waals surface area contributed by atoms with E-state index in [9.17, 15) is 4.79 Å². The first kappa shape index (κ1) is 14.5. The van der Waals surface area contributed by atoms with E-state index in [4.69, 9.17) is 5.84 Å². The lowest BCUT2D eigenvalue weighted by Crippen LogP contribution is -2.57. The summed E-state index contributed by atoms with van der Waals surface area (Å²) in [6.07, 6.45) is 3.85. The number of nitrogens with zero attached hydrogens (tertiary/aromatic N) is 2. The molecule has 2 fully saturated rings. The molecule has 1 aromatic rings. The summed E-state index contributed by atoms with van der Waals surface area (Å²) in [5.74, 6) is 5.29. The van der Waals surface area contributed by atoms with Crippen LogP contribution in [0.3, 0.4) is 0 Å². The summed E-state index contributed by atoms with van der Waals surface area (Å²) in [6, 6.07) is 10.2. The van der Waals surface area contributed by atoms with Gasteiger partial charge in [0, 0.05) is 25.7 Å². The monoisotopic (exact) mass is 288 g/mol. The third kappa shape index (κ3) is 3.10. The fourth-order valence-corrected chi connectivity index (χ4v) is 3.66. The van der Waals surface area contributed by atoms with Gasteiger partial charge in [0.15, 0.2) is 0 Å². The molecule has 2 aliphatic rings. The number of piperidine rings is 1. The smallest absolute Gasteiger partial charge is 0.255 e. The molecule has 3 rings (SSSR count). The molecule has 0 radical (unpaired) electrons. The van der Waals surface area contributed by atoms with Crippen LogP contribution in [-0.4, -0.2) is 47.9 Å². The van der Waals surface area contributed by atoms with Crippen molar-refractivity contribution in [2.75, 3.05) is 26.2 Å². The molecule has 0 spiro atoms. The van der Waals surface area contributed by atoms with Crippen molar-refractivity contribution >= 4 is 5.91 Å². The third-order valence-electron chi connectivity index (χ3n) is 4.74. The molecule has 2 saturated heterocycles. The van der Waals surface area contributed by atoms with Crippen molar-refractivity contribution in [3.05, 3.63) is 35.9 Å². The van der Waals surface area contributed by atoms with Crippen molar-refractivity contribution in [1.82, 2.24) is 15.2 Å². The van der Waals surface area contributed by atoms with E-state index in [1.165, 1.54) is 25.8 Å². The number of nitrogens with one attached hydrogen (secondary N) is 1. The van der Waals surface area contributed by atoms with Crippen molar-refractivity contribution in [2.45, 2.75) is 31.3 Å². The minimum Gasteiger partial charge on any atom is -0.298 e. The number of hydrazine groups is 1. The molecule has 21 heavy (non-hydrogen) atoms. The highest BCUT2D eigenvalue weighted by atomic mass is 16.2. The first-order valence-corrected chi connectivity index (χ1v) is 7.83. The number of fused-ring (bicyclic) bond motifs is 1. The Balaban J connectivity index is 1.79. The number of hydrogen-bond donors (Lipinski definition) is 2. The van der Waals surface area contributed by atoms with Gasteiger partial charge in [0.25, 0.3) is 5.91 Å². The van der Waals surface area contributed by atoms with Crippen LogP contribution < -0.4 is 11.3 Å². The second-order valence-electron chi connectivity index (χ2n) is 6.00. The number of rotatable bonds is 3. The van der Waals surface area contributed by atoms with Crippen LogP contribution in [-0.2, 0) is 4.79 Å². The fourth-order valence-electron chi connectivity index (χ4n) is 3.66. The molecule has 1 aromatic carbocycles. The number of benzene rings is 1. The molecule has 2 atom stereocenters. The van der Waals surface area contributed by atoms with Gasteiger partial charge in [0.2, 0.25) is 0 Å². The average Bonchev–Trinajstić information content (AvgIpc) is 2.56. The van der Waals surface area contributed by atoms with Gasteiger partial charge in [-0.25, -0.2) is 5.84 Å². The molecular weight excluding hydrogens is 264 g/mol. The lowest BCUT2D eigenvalue weighted by molar-refractivity contribution is -0.128. The molecule has 0 aromatic heterocycles. The summed E-state index contributed by atoms with van der Waals surface area (Å²) >= 11 is 0. The van der Waals surface area contributed by atoms with Crippen LogP contribution in [0.2, 0.25) is 0 Å². The highest BCUT2D eigenvalue weighted by molar-refractivity contribution is 5.82. The zero-order chi connectivity index (χ0) is 14.7. The topological polar surface area (TPSA) is 61.6 Å². The second kappa shape index (κ2) is 6.56. The summed E-state index contributed by atoms with van der Waals surface area (Å²) < 4.78 is 0. The summed E-state index contributed by atoms with van der Waals surface area (Å²) in [5, 5.41) is 0. The predicted molar refractivity (Wildman–Crippen MR) is 82.3 cm³/mol. The van der Waals surface area contributed by atoms with Crippen molar-refractivity contribution in [3.63, 3.8) is 0 Å². The summed E-state index contributed by atoms with van der Waals surface area (Å²) in [6.45, 7) is 4.12. The SMILES string of the molecule is NNC(=O)C(c1ccccc1)N1CCN2CCCCC2C1. The number of carbonyl (C=O) groups is 1. The van der Waals surface area contributed by atoms with Gasteiger partial charge in [0.05, 0.1) is 0 Å². The molecule has 0 bridgehead atoms. The molecule has 2 heterocycles. The van der Waals surface area contributed by atoms with Gasteiger partial charge in [-0.1, -0.05) is 36.8 Å². The van der Waals surface area contributed by atoms with Crippen LogP contribution in [0.1, 0.15) is 30.9 Å². The zero-order valence-electron chi connectivity index (χ0n) is 12.4. The van der Waals surface area contributed by atoms with Gasteiger partial charge in [-0.15, -0.1) is 0 Å². The second-order valence-corrected chi connectivity index (χ2v) is 6.00. The largest absolute Gasteiger partial charge is 0.298 e. The number of piperazine rings is 1. The van der Waals surface area contributed by atoms with Crippen molar-refractivity contribution < 1.29 is 4.79 Å². The van der Waals surface area contributed by atoms with Gasteiger partial charge < -0.3 is 0 Å². The highest BCUT2D eigenvalue weighted by Crippen LogP contribution is 2.27. The molecule has 0 saturated carbocycles. The van der Waals surface area contributed by atoms with Crippen molar-refractivity contribution in [1.29, 1.82) is 0 Å². The molecule has 1 amide bonds. The fraction of sp³-hybridized carbons (Fsp3) is 0.562. The Bertz CT molecular complexity index is 478. The third-order valence-corrected chi connectivity index (χ3v) is 4.74. The molecular formula is C16H24N4O. The van der Waals surface area contributed by atoms with Crippen LogP contribution in [0, 0.1) is 0 Å². The Morgan fingerprint density at radius 2 is 2.00 bits per heavy atom. The summed E-state index contributed by atoms with van der Waals surface area (Å²) in [4.78, 5) is 17.1. The molecule has 3 N–H and O–H groups in total. The Hall–Kier alpha value is -1.43. The van der Waals surface area contributed by atoms with E-state index < -0.39 is 0 Å². The molecule has 5 nitrogen and oxygen atoms in total. The molecule has 5 heteroatoms. The first-order valence-electron chi connectivity index (χ1n) is 7.83. The number of hydrogen-bond acceptors (Lipinski definition) is 4. The maximum atomic E-state index is 12.3. The van der Waals surface area contributed by atoms with E-state index >= 15 is 0 Å². The Morgan fingerprint density at radius 1 is 1.19 bits per heavy atom. The van der Waals surface area contributed by atoms with Gasteiger partial charge in [-0.05, 0) is 24.9 Å². The predicted octanol–water partition coefficient (Wildman–Crippen LogP) is 0.888. The molecule has 114 valence electrons. The normalized spacial score (nSPS) is 25.1.